The van der Waals surface area contributed by atoms with Crippen LogP contribution in [0.2, 0.25) is 0 Å². The molecule has 2 rings (SSSR count). The van der Waals surface area contributed by atoms with Crippen LogP contribution in [0.25, 0.3) is 0 Å². The molecular weight excluding hydrogens is 256 g/mol. The van der Waals surface area contributed by atoms with Gasteiger partial charge in [-0.3, -0.25) is 4.79 Å². The number of benzene rings is 1. The Morgan fingerprint density at radius 2 is 2.25 bits per heavy atom. The number of hydrogen-bond donors (Lipinski definition) is 2. The van der Waals surface area contributed by atoms with E-state index in [-0.39, 0.29) is 5.91 Å². The first-order valence-corrected chi connectivity index (χ1v) is 6.86. The molecule has 20 heavy (non-hydrogen) atoms. The van der Waals surface area contributed by atoms with Crippen LogP contribution in [0.3, 0.4) is 0 Å². The van der Waals surface area contributed by atoms with Crippen molar-refractivity contribution in [2.45, 2.75) is 39.2 Å². The van der Waals surface area contributed by atoms with Crippen molar-refractivity contribution in [3.05, 3.63) is 29.3 Å². The summed E-state index contributed by atoms with van der Waals surface area (Å²) in [6, 6.07) is 5.62. The lowest BCUT2D eigenvalue weighted by atomic mass is 10.1. The number of amides is 1. The number of nitrogens with one attached hydrogen (secondary N) is 1. The van der Waals surface area contributed by atoms with E-state index in [4.69, 9.17) is 9.94 Å². The minimum Gasteiger partial charge on any atom is -0.480 e. The zero-order valence-corrected chi connectivity index (χ0v) is 11.8. The molecule has 0 aromatic heterocycles. The van der Waals surface area contributed by atoms with Crippen LogP contribution in [0, 0.1) is 6.92 Å². The monoisotopic (exact) mass is 276 g/mol. The van der Waals surface area contributed by atoms with Crippen molar-refractivity contribution in [1.29, 1.82) is 0 Å². The molecule has 0 aliphatic carbocycles. The number of nitrogens with zero attached hydrogens (tertiary/aromatic N) is 1. The van der Waals surface area contributed by atoms with Crippen molar-refractivity contribution >= 4 is 11.6 Å². The maximum atomic E-state index is 11.9. The normalized spacial score (nSPS) is 20.2. The summed E-state index contributed by atoms with van der Waals surface area (Å²) in [5.74, 6) is 0.501. The highest BCUT2D eigenvalue weighted by Gasteiger charge is 2.23. The second kappa shape index (κ2) is 6.41. The molecule has 0 bridgehead atoms. The Bertz CT molecular complexity index is 526. The van der Waals surface area contributed by atoms with Crippen LogP contribution in [-0.2, 0) is 4.79 Å². The first-order valence-electron chi connectivity index (χ1n) is 6.86. The van der Waals surface area contributed by atoms with Gasteiger partial charge in [0, 0.05) is 12.1 Å². The lowest BCUT2D eigenvalue weighted by Crippen LogP contribution is -2.36. The third-order valence-electron chi connectivity index (χ3n) is 3.43. The molecule has 5 nitrogen and oxygen atoms in total. The number of rotatable bonds is 3. The highest BCUT2D eigenvalue weighted by Crippen LogP contribution is 2.24. The molecular formula is C15H20N2O3. The van der Waals surface area contributed by atoms with E-state index in [1.54, 1.807) is 6.92 Å². The average Bonchev–Trinajstić information content (AvgIpc) is 2.65. The van der Waals surface area contributed by atoms with Gasteiger partial charge in [0.05, 0.1) is 5.71 Å². The molecule has 1 fully saturated rings. The molecule has 1 heterocycles. The predicted molar refractivity (Wildman–Crippen MR) is 76.5 cm³/mol. The topological polar surface area (TPSA) is 70.9 Å². The fourth-order valence-corrected chi connectivity index (χ4v) is 2.26. The van der Waals surface area contributed by atoms with Crippen LogP contribution in [0.1, 0.15) is 37.3 Å². The predicted octanol–water partition coefficient (Wildman–Crippen LogP) is 2.24. The molecule has 0 saturated carbocycles. The molecule has 1 saturated heterocycles. The lowest BCUT2D eigenvalue weighted by molar-refractivity contribution is -0.127. The van der Waals surface area contributed by atoms with E-state index in [1.165, 1.54) is 0 Å². The van der Waals surface area contributed by atoms with Crippen LogP contribution in [-0.4, -0.2) is 29.5 Å². The second-order valence-electron chi connectivity index (χ2n) is 5.08. The van der Waals surface area contributed by atoms with Crippen molar-refractivity contribution < 1.29 is 14.7 Å². The van der Waals surface area contributed by atoms with Gasteiger partial charge >= 0.3 is 0 Å². The first-order chi connectivity index (χ1) is 9.61. The Labute approximate surface area is 118 Å². The molecule has 0 radical (unpaired) electrons. The molecule has 1 atom stereocenters. The van der Waals surface area contributed by atoms with Crippen LogP contribution < -0.4 is 10.1 Å². The fraction of sp³-hybridized carbons (Fsp3) is 0.467. The van der Waals surface area contributed by atoms with Crippen LogP contribution in [0.15, 0.2) is 23.4 Å². The van der Waals surface area contributed by atoms with E-state index < -0.39 is 6.10 Å². The van der Waals surface area contributed by atoms with Gasteiger partial charge in [0.15, 0.2) is 6.10 Å². The van der Waals surface area contributed by atoms with Crippen molar-refractivity contribution in [1.82, 2.24) is 5.32 Å². The molecule has 1 aliphatic heterocycles. The molecule has 1 aromatic rings. The molecule has 1 aromatic carbocycles. The summed E-state index contributed by atoms with van der Waals surface area (Å²) >= 11 is 0. The minimum atomic E-state index is -0.481. The van der Waals surface area contributed by atoms with Gasteiger partial charge in [0.2, 0.25) is 0 Å². The maximum Gasteiger partial charge on any atom is 0.261 e. The lowest BCUT2D eigenvalue weighted by Gasteiger charge is -2.18. The number of aryl methyl sites for hydroxylation is 1. The van der Waals surface area contributed by atoms with Crippen molar-refractivity contribution in [3.8, 4) is 5.75 Å². The third kappa shape index (κ3) is 3.29. The quantitative estimate of drug-likeness (QED) is 0.505. The Morgan fingerprint density at radius 1 is 1.45 bits per heavy atom. The van der Waals surface area contributed by atoms with Crippen molar-refractivity contribution in [2.24, 2.45) is 5.16 Å². The molecule has 1 aliphatic rings. The van der Waals surface area contributed by atoms with Gasteiger partial charge in [-0.05, 0) is 45.2 Å². The Morgan fingerprint density at radius 3 is 3.00 bits per heavy atom. The molecule has 5 heteroatoms. The van der Waals surface area contributed by atoms with Crippen molar-refractivity contribution in [2.75, 3.05) is 6.54 Å². The SMILES string of the molecule is C/C(=N\O)c1cc(C)ccc1OC1CCCCNC1=O. The molecule has 2 N–H and O–H groups in total. The van der Waals surface area contributed by atoms with E-state index >= 15 is 0 Å². The summed E-state index contributed by atoms with van der Waals surface area (Å²) in [5.41, 5.74) is 2.22. The van der Waals surface area contributed by atoms with Gasteiger partial charge in [-0.2, -0.15) is 0 Å². The van der Waals surface area contributed by atoms with E-state index in [1.807, 2.05) is 25.1 Å². The van der Waals surface area contributed by atoms with E-state index in [2.05, 4.69) is 10.5 Å². The smallest absolute Gasteiger partial charge is 0.261 e. The highest BCUT2D eigenvalue weighted by atomic mass is 16.5. The summed E-state index contributed by atoms with van der Waals surface area (Å²) in [6.07, 6.45) is 2.15. The van der Waals surface area contributed by atoms with Gasteiger partial charge in [-0.25, -0.2) is 0 Å². The summed E-state index contributed by atoms with van der Waals surface area (Å²) in [5, 5.41) is 15.0. The van der Waals surface area contributed by atoms with Gasteiger partial charge in [0.25, 0.3) is 5.91 Å². The zero-order chi connectivity index (χ0) is 14.5. The van der Waals surface area contributed by atoms with Gasteiger partial charge < -0.3 is 15.3 Å². The summed E-state index contributed by atoms with van der Waals surface area (Å²) in [4.78, 5) is 11.9. The van der Waals surface area contributed by atoms with Gasteiger partial charge in [-0.15, -0.1) is 0 Å². The Balaban J connectivity index is 2.26. The zero-order valence-electron chi connectivity index (χ0n) is 11.8. The van der Waals surface area contributed by atoms with E-state index in [0.29, 0.717) is 30.0 Å². The van der Waals surface area contributed by atoms with Gasteiger partial charge in [0.1, 0.15) is 5.75 Å². The summed E-state index contributed by atoms with van der Waals surface area (Å²) in [6.45, 7) is 4.36. The standard InChI is InChI=1S/C15H20N2O3/c1-10-6-7-13(12(9-10)11(2)17-19)20-14-5-3-4-8-16-15(14)18/h6-7,9,14,19H,3-5,8H2,1-2H3,(H,16,18)/b17-11+. The van der Waals surface area contributed by atoms with Crippen LogP contribution in [0.4, 0.5) is 0 Å². The maximum absolute atomic E-state index is 11.9. The van der Waals surface area contributed by atoms with Crippen molar-refractivity contribution in [3.63, 3.8) is 0 Å². The van der Waals surface area contributed by atoms with E-state index in [9.17, 15) is 4.79 Å². The van der Waals surface area contributed by atoms with E-state index in [0.717, 1.165) is 18.4 Å². The molecule has 1 unspecified atom stereocenters. The summed E-state index contributed by atoms with van der Waals surface area (Å²) < 4.78 is 5.85. The van der Waals surface area contributed by atoms with Crippen LogP contribution >= 0.6 is 0 Å². The molecule has 0 spiro atoms. The number of oxime groups is 1. The van der Waals surface area contributed by atoms with Gasteiger partial charge in [-0.1, -0.05) is 16.8 Å². The first kappa shape index (κ1) is 14.4. The fourth-order valence-electron chi connectivity index (χ4n) is 2.26. The van der Waals surface area contributed by atoms with Crippen LogP contribution in [0.5, 0.6) is 5.75 Å². The Kier molecular flexibility index (Phi) is 4.61. The second-order valence-corrected chi connectivity index (χ2v) is 5.08. The minimum absolute atomic E-state index is 0.0763. The third-order valence-corrected chi connectivity index (χ3v) is 3.43. The average molecular weight is 276 g/mol. The highest BCUT2D eigenvalue weighted by molar-refractivity contribution is 6.01. The number of ether oxygens (including phenoxy) is 1. The largest absolute Gasteiger partial charge is 0.480 e. The summed E-state index contributed by atoms with van der Waals surface area (Å²) in [7, 11) is 0. The number of carbonyl (C=O) groups is 1. The molecule has 108 valence electrons. The number of carbonyl (C=O) groups excluding carboxylic acids is 1. The molecule has 1 amide bonds. The Hall–Kier alpha value is -2.04. The number of hydrogen-bond acceptors (Lipinski definition) is 4.